The van der Waals surface area contributed by atoms with Gasteiger partial charge in [-0.25, -0.2) is 0 Å². The van der Waals surface area contributed by atoms with Crippen LogP contribution in [0.25, 0.3) is 0 Å². The molecule has 0 saturated heterocycles. The van der Waals surface area contributed by atoms with Crippen LogP contribution in [0, 0.1) is 13.8 Å². The Bertz CT molecular complexity index is 2580. The number of aryl methyl sites for hydroxylation is 2. The molecule has 0 radical (unpaired) electrons. The van der Waals surface area contributed by atoms with E-state index in [0.29, 0.717) is 0 Å². The normalized spacial score (nSPS) is 18.1. The van der Waals surface area contributed by atoms with E-state index in [4.69, 9.17) is 0 Å². The third-order valence-electron chi connectivity index (χ3n) is 12.1. The zero-order chi connectivity index (χ0) is 41.5. The summed E-state index contributed by atoms with van der Waals surface area (Å²) in [6.45, 7) is 6.55. The van der Waals surface area contributed by atoms with Gasteiger partial charge >= 0.3 is 0 Å². The lowest BCUT2D eigenvalue weighted by Crippen LogP contribution is -2.34. The average molecular weight is 797 g/mol. The molecule has 2 atom stereocenters. The number of hydrogen-bond donors (Lipinski definition) is 0. The van der Waals surface area contributed by atoms with Crippen molar-refractivity contribution in [2.24, 2.45) is 0 Å². The highest BCUT2D eigenvalue weighted by atomic mass is 15.2. The van der Waals surface area contributed by atoms with Crippen LogP contribution in [-0.2, 0) is 0 Å². The Morgan fingerprint density at radius 2 is 1.07 bits per heavy atom. The fourth-order valence-corrected chi connectivity index (χ4v) is 9.21. The maximum absolute atomic E-state index is 2.55. The number of para-hydroxylation sites is 1. The molecule has 0 fully saturated rings. The monoisotopic (exact) mass is 796 g/mol. The van der Waals surface area contributed by atoms with E-state index in [2.05, 4.69) is 241 Å². The molecule has 0 spiro atoms. The van der Waals surface area contributed by atoms with Crippen LogP contribution in [0.15, 0.2) is 223 Å². The minimum atomic E-state index is 0.268. The van der Waals surface area contributed by atoms with E-state index in [9.17, 15) is 0 Å². The molecule has 5 aromatic rings. The van der Waals surface area contributed by atoms with Gasteiger partial charge in [-0.2, -0.15) is 0 Å². The van der Waals surface area contributed by atoms with E-state index in [0.717, 1.165) is 67.0 Å². The van der Waals surface area contributed by atoms with Crippen molar-refractivity contribution in [3.05, 3.63) is 234 Å². The Hall–Kier alpha value is -6.78. The zero-order valence-corrected chi connectivity index (χ0v) is 35.7. The van der Waals surface area contributed by atoms with Crippen molar-refractivity contribution >= 4 is 39.8 Å². The van der Waals surface area contributed by atoms with Crippen LogP contribution in [0.3, 0.4) is 0 Å². The maximum atomic E-state index is 2.55. The predicted molar refractivity (Wildman–Crippen MR) is 260 cm³/mol. The van der Waals surface area contributed by atoms with Gasteiger partial charge in [-0.1, -0.05) is 103 Å². The highest BCUT2D eigenvalue weighted by molar-refractivity contribution is 5.79. The van der Waals surface area contributed by atoms with E-state index >= 15 is 0 Å². The highest BCUT2D eigenvalue weighted by Crippen LogP contribution is 2.41. The molecule has 0 aliphatic heterocycles. The van der Waals surface area contributed by atoms with Gasteiger partial charge in [0.1, 0.15) is 0 Å². The lowest BCUT2D eigenvalue weighted by molar-refractivity contribution is 0.711. The summed E-state index contributed by atoms with van der Waals surface area (Å²) in [7, 11) is 0. The van der Waals surface area contributed by atoms with Gasteiger partial charge in [0.25, 0.3) is 0 Å². The Balaban J connectivity index is 1.11. The number of rotatable bonds is 12. The molecule has 61 heavy (non-hydrogen) atoms. The first-order chi connectivity index (χ1) is 30.0. The Morgan fingerprint density at radius 3 is 1.69 bits per heavy atom. The summed E-state index contributed by atoms with van der Waals surface area (Å²) in [6, 6.07) is 47.3. The van der Waals surface area contributed by atoms with Crippen LogP contribution < -0.4 is 19.6 Å². The molecule has 4 heteroatoms. The number of benzene rings is 5. The molecule has 0 saturated carbocycles. The molecule has 4 aliphatic rings. The summed E-state index contributed by atoms with van der Waals surface area (Å²) in [5.74, 6) is 0. The fourth-order valence-electron chi connectivity index (χ4n) is 9.21. The summed E-state index contributed by atoms with van der Waals surface area (Å²) in [5, 5.41) is 0. The van der Waals surface area contributed by atoms with Crippen molar-refractivity contribution < 1.29 is 0 Å². The zero-order valence-electron chi connectivity index (χ0n) is 35.7. The van der Waals surface area contributed by atoms with Gasteiger partial charge in [-0.3, -0.25) is 0 Å². The van der Waals surface area contributed by atoms with Gasteiger partial charge in [0.15, 0.2) is 0 Å². The summed E-state index contributed by atoms with van der Waals surface area (Å²) in [4.78, 5) is 9.90. The lowest BCUT2D eigenvalue weighted by atomic mass is 9.98. The van der Waals surface area contributed by atoms with Crippen LogP contribution in [0.2, 0.25) is 0 Å². The van der Waals surface area contributed by atoms with Crippen LogP contribution in [0.1, 0.15) is 56.6 Å². The predicted octanol–water partition coefficient (Wildman–Crippen LogP) is 15.2. The Labute approximate surface area is 363 Å². The highest BCUT2D eigenvalue weighted by Gasteiger charge is 2.26. The third-order valence-corrected chi connectivity index (χ3v) is 12.1. The molecule has 0 aromatic heterocycles. The van der Waals surface area contributed by atoms with Crippen LogP contribution in [0.4, 0.5) is 39.8 Å². The fraction of sp³-hybridized carbons (Fsp3) is 0.193. The molecule has 0 N–H and O–H groups in total. The molecular weight excluding hydrogens is 741 g/mol. The standard InChI is InChI=1S/C57H56N4/c1-43-16-13-25-55(40-43)59(46-19-7-4-8-20-46)52-34-28-49(29-35-52)58(50-30-36-53(37-31-50)60(47-21-9-5-10-22-47)56-26-14-17-44(2)41-56)51-32-38-54(39-33-51)61(48-23-11-6-12-24-48)57-27-15-18-45(3)42-57/h4-5,7-11,13-21,23-26,28-30,32-36,38-42,47,57H,6,12,22,27,31,37H2,1-3H3. The number of hydrogen-bond acceptors (Lipinski definition) is 4. The molecule has 0 amide bonds. The van der Waals surface area contributed by atoms with Crippen LogP contribution >= 0.6 is 0 Å². The molecular formula is C57H56N4. The molecule has 9 rings (SSSR count). The van der Waals surface area contributed by atoms with Crippen molar-refractivity contribution in [3.8, 4) is 0 Å². The minimum absolute atomic E-state index is 0.268. The SMILES string of the molecule is CC1=CC(N(C2=CCCC=C2)c2ccc(N(C3=CC=C(N(c4cccc(C)c4)C4C=CC=CC4)CC3)c3ccc(N(c4ccccc4)c4cccc(C)c4)cc3)cc2)CC=C1. The number of allylic oxidation sites excluding steroid dienone is 11. The van der Waals surface area contributed by atoms with Crippen molar-refractivity contribution in [2.45, 2.75) is 71.4 Å². The number of nitrogens with zero attached hydrogens (tertiary/aromatic N) is 4. The van der Waals surface area contributed by atoms with E-state index in [-0.39, 0.29) is 12.1 Å². The smallest absolute Gasteiger partial charge is 0.0562 e. The third kappa shape index (κ3) is 8.90. The van der Waals surface area contributed by atoms with Gasteiger partial charge in [-0.15, -0.1) is 0 Å². The second kappa shape index (κ2) is 18.2. The summed E-state index contributed by atoms with van der Waals surface area (Å²) >= 11 is 0. The van der Waals surface area contributed by atoms with Gasteiger partial charge in [0, 0.05) is 56.9 Å². The largest absolute Gasteiger partial charge is 0.338 e. The van der Waals surface area contributed by atoms with Gasteiger partial charge in [0.05, 0.1) is 12.1 Å². The second-order valence-corrected chi connectivity index (χ2v) is 16.6. The lowest BCUT2D eigenvalue weighted by Gasteiger charge is -2.37. The summed E-state index contributed by atoms with van der Waals surface area (Å²) in [6.07, 6.45) is 33.7. The second-order valence-electron chi connectivity index (χ2n) is 16.6. The van der Waals surface area contributed by atoms with E-state index < -0.39 is 0 Å². The Morgan fingerprint density at radius 1 is 0.459 bits per heavy atom. The first-order valence-corrected chi connectivity index (χ1v) is 22.0. The van der Waals surface area contributed by atoms with Crippen molar-refractivity contribution in [1.82, 2.24) is 0 Å². The first kappa shape index (κ1) is 39.7. The van der Waals surface area contributed by atoms with Crippen molar-refractivity contribution in [3.63, 3.8) is 0 Å². The Kier molecular flexibility index (Phi) is 11.9. The van der Waals surface area contributed by atoms with Crippen molar-refractivity contribution in [2.75, 3.05) is 19.6 Å². The van der Waals surface area contributed by atoms with Crippen LogP contribution in [-0.4, -0.2) is 12.1 Å². The summed E-state index contributed by atoms with van der Waals surface area (Å²) in [5.41, 5.74) is 15.9. The van der Waals surface area contributed by atoms with Gasteiger partial charge in [0.2, 0.25) is 0 Å². The van der Waals surface area contributed by atoms with Gasteiger partial charge < -0.3 is 19.6 Å². The van der Waals surface area contributed by atoms with E-state index in [1.807, 2.05) is 0 Å². The average Bonchev–Trinajstić information content (AvgIpc) is 3.30. The molecule has 304 valence electrons. The molecule has 4 aliphatic carbocycles. The summed E-state index contributed by atoms with van der Waals surface area (Å²) < 4.78 is 0. The van der Waals surface area contributed by atoms with E-state index in [1.54, 1.807) is 0 Å². The van der Waals surface area contributed by atoms with Crippen molar-refractivity contribution in [1.29, 1.82) is 0 Å². The molecule has 2 unspecified atom stereocenters. The minimum Gasteiger partial charge on any atom is -0.338 e. The number of anilines is 7. The van der Waals surface area contributed by atoms with E-state index in [1.165, 1.54) is 45.2 Å². The first-order valence-electron chi connectivity index (χ1n) is 22.0. The molecule has 0 bridgehead atoms. The topological polar surface area (TPSA) is 13.0 Å². The molecule has 0 heterocycles. The van der Waals surface area contributed by atoms with Gasteiger partial charge in [-0.05, 0) is 174 Å². The quantitative estimate of drug-likeness (QED) is 0.125. The van der Waals surface area contributed by atoms with Crippen LogP contribution in [0.5, 0.6) is 0 Å². The molecule has 5 aromatic carbocycles. The molecule has 4 nitrogen and oxygen atoms in total. The maximum Gasteiger partial charge on any atom is 0.0562 e.